The summed E-state index contributed by atoms with van der Waals surface area (Å²) in [6.45, 7) is 0. The van der Waals surface area contributed by atoms with Crippen molar-refractivity contribution in [3.05, 3.63) is 194 Å². The quantitative estimate of drug-likeness (QED) is 0.176. The standard InChI is InChI=1S/C49H32N4/c1-4-16-33(17-5-1)39-24-12-13-25-40(39)43-32-38(53-45-27-15-14-26-41(45)44-30-36-22-10-11-23-37(36)31-46(44)53)28-29-42(43)49-51-47(34-18-6-2-7-19-34)50-48(52-49)35-20-8-3-9-21-35/h1-32H. The monoisotopic (exact) mass is 676 g/mol. The van der Waals surface area contributed by atoms with Crippen LogP contribution in [0.5, 0.6) is 0 Å². The van der Waals surface area contributed by atoms with Gasteiger partial charge in [0.1, 0.15) is 0 Å². The second-order valence-electron chi connectivity index (χ2n) is 13.2. The van der Waals surface area contributed by atoms with Crippen molar-refractivity contribution in [2.45, 2.75) is 0 Å². The van der Waals surface area contributed by atoms with E-state index < -0.39 is 0 Å². The van der Waals surface area contributed by atoms with Crippen LogP contribution in [0.2, 0.25) is 0 Å². The number of hydrogen-bond acceptors (Lipinski definition) is 3. The lowest BCUT2D eigenvalue weighted by molar-refractivity contribution is 1.07. The van der Waals surface area contributed by atoms with Gasteiger partial charge in [-0.05, 0) is 69.4 Å². The Bertz CT molecular complexity index is 2870. The van der Waals surface area contributed by atoms with Crippen LogP contribution in [0.1, 0.15) is 0 Å². The van der Waals surface area contributed by atoms with Gasteiger partial charge < -0.3 is 4.57 Å². The molecule has 0 fully saturated rings. The maximum Gasteiger partial charge on any atom is 0.164 e. The average Bonchev–Trinajstić information content (AvgIpc) is 3.56. The van der Waals surface area contributed by atoms with Gasteiger partial charge >= 0.3 is 0 Å². The zero-order valence-electron chi connectivity index (χ0n) is 28.8. The molecule has 8 aromatic carbocycles. The fourth-order valence-corrected chi connectivity index (χ4v) is 7.54. The molecule has 0 N–H and O–H groups in total. The van der Waals surface area contributed by atoms with Crippen molar-refractivity contribution in [1.82, 2.24) is 19.5 Å². The van der Waals surface area contributed by atoms with Crippen molar-refractivity contribution in [3.8, 4) is 62.1 Å². The number of aromatic nitrogens is 4. The van der Waals surface area contributed by atoms with Gasteiger partial charge in [0.25, 0.3) is 0 Å². The molecule has 2 heterocycles. The highest BCUT2D eigenvalue weighted by Crippen LogP contribution is 2.41. The molecule has 0 radical (unpaired) electrons. The normalized spacial score (nSPS) is 11.4. The van der Waals surface area contributed by atoms with Crippen molar-refractivity contribution in [1.29, 1.82) is 0 Å². The Kier molecular flexibility index (Phi) is 7.43. The number of fused-ring (bicyclic) bond motifs is 4. The van der Waals surface area contributed by atoms with Crippen molar-refractivity contribution >= 4 is 32.6 Å². The van der Waals surface area contributed by atoms with Gasteiger partial charge in [-0.3, -0.25) is 0 Å². The van der Waals surface area contributed by atoms with E-state index in [9.17, 15) is 0 Å². The van der Waals surface area contributed by atoms with E-state index >= 15 is 0 Å². The summed E-state index contributed by atoms with van der Waals surface area (Å²) in [5, 5.41) is 4.89. The SMILES string of the molecule is c1ccc(-c2nc(-c3ccccc3)nc(-c3ccc(-n4c5ccccc5c5cc6ccccc6cc54)cc3-c3ccccc3-c3ccccc3)n2)cc1. The number of benzene rings is 8. The molecule has 0 atom stereocenters. The number of para-hydroxylation sites is 1. The lowest BCUT2D eigenvalue weighted by atomic mass is 9.91. The van der Waals surface area contributed by atoms with Gasteiger partial charge in [0.15, 0.2) is 17.5 Å². The third-order valence-electron chi connectivity index (χ3n) is 10.0. The van der Waals surface area contributed by atoms with Crippen LogP contribution in [0.3, 0.4) is 0 Å². The fourth-order valence-electron chi connectivity index (χ4n) is 7.54. The third kappa shape index (κ3) is 5.45. The second-order valence-corrected chi connectivity index (χ2v) is 13.2. The molecule has 0 unspecified atom stereocenters. The molecule has 0 aliphatic rings. The Morgan fingerprint density at radius 1 is 0.302 bits per heavy atom. The minimum Gasteiger partial charge on any atom is -0.309 e. The van der Waals surface area contributed by atoms with Crippen molar-refractivity contribution in [3.63, 3.8) is 0 Å². The topological polar surface area (TPSA) is 43.6 Å². The van der Waals surface area contributed by atoms with Gasteiger partial charge in [-0.2, -0.15) is 0 Å². The smallest absolute Gasteiger partial charge is 0.164 e. The molecule has 0 spiro atoms. The van der Waals surface area contributed by atoms with Gasteiger partial charge in [0, 0.05) is 33.2 Å². The van der Waals surface area contributed by atoms with E-state index in [-0.39, 0.29) is 0 Å². The van der Waals surface area contributed by atoms with Crippen LogP contribution >= 0.6 is 0 Å². The molecule has 4 nitrogen and oxygen atoms in total. The molecule has 0 aliphatic heterocycles. The molecule has 53 heavy (non-hydrogen) atoms. The molecule has 0 aliphatic carbocycles. The van der Waals surface area contributed by atoms with Crippen LogP contribution in [-0.2, 0) is 0 Å². The maximum absolute atomic E-state index is 5.19. The van der Waals surface area contributed by atoms with Crippen molar-refractivity contribution in [2.24, 2.45) is 0 Å². The summed E-state index contributed by atoms with van der Waals surface area (Å²) >= 11 is 0. The summed E-state index contributed by atoms with van der Waals surface area (Å²) in [6, 6.07) is 68.2. The number of nitrogens with zero attached hydrogens (tertiary/aromatic N) is 4. The van der Waals surface area contributed by atoms with Crippen LogP contribution in [0.15, 0.2) is 194 Å². The first-order valence-corrected chi connectivity index (χ1v) is 17.9. The summed E-state index contributed by atoms with van der Waals surface area (Å²) in [5.74, 6) is 1.89. The van der Waals surface area contributed by atoms with Crippen LogP contribution in [0, 0.1) is 0 Å². The molecule has 0 saturated carbocycles. The van der Waals surface area contributed by atoms with Gasteiger partial charge in [0.05, 0.1) is 11.0 Å². The average molecular weight is 677 g/mol. The summed E-state index contributed by atoms with van der Waals surface area (Å²) in [5.41, 5.74) is 10.6. The van der Waals surface area contributed by atoms with E-state index in [0.29, 0.717) is 17.5 Å². The highest BCUT2D eigenvalue weighted by atomic mass is 15.0. The summed E-state index contributed by atoms with van der Waals surface area (Å²) in [6.07, 6.45) is 0. The van der Waals surface area contributed by atoms with Gasteiger partial charge in [-0.25, -0.2) is 15.0 Å². The Labute approximate surface area is 307 Å². The molecule has 4 heteroatoms. The fraction of sp³-hybridized carbons (Fsp3) is 0. The van der Waals surface area contributed by atoms with Crippen molar-refractivity contribution in [2.75, 3.05) is 0 Å². The van der Waals surface area contributed by atoms with Crippen LogP contribution in [0.25, 0.3) is 94.7 Å². The molecular formula is C49H32N4. The van der Waals surface area contributed by atoms with E-state index in [2.05, 4.69) is 162 Å². The first-order valence-electron chi connectivity index (χ1n) is 17.9. The molecule has 10 rings (SSSR count). The van der Waals surface area contributed by atoms with Crippen LogP contribution in [0.4, 0.5) is 0 Å². The Balaban J connectivity index is 1.27. The lowest BCUT2D eigenvalue weighted by Gasteiger charge is -2.18. The maximum atomic E-state index is 5.19. The largest absolute Gasteiger partial charge is 0.309 e. The highest BCUT2D eigenvalue weighted by Gasteiger charge is 2.20. The van der Waals surface area contributed by atoms with E-state index in [1.54, 1.807) is 0 Å². The zero-order chi connectivity index (χ0) is 35.1. The van der Waals surface area contributed by atoms with Gasteiger partial charge in [-0.1, -0.05) is 158 Å². The zero-order valence-corrected chi connectivity index (χ0v) is 28.8. The number of hydrogen-bond donors (Lipinski definition) is 0. The summed E-state index contributed by atoms with van der Waals surface area (Å²) < 4.78 is 2.40. The third-order valence-corrected chi connectivity index (χ3v) is 10.0. The van der Waals surface area contributed by atoms with E-state index in [1.165, 1.54) is 21.5 Å². The van der Waals surface area contributed by atoms with Crippen molar-refractivity contribution < 1.29 is 0 Å². The molecule has 2 aromatic heterocycles. The predicted octanol–water partition coefficient (Wildman–Crippen LogP) is 12.5. The second kappa shape index (κ2) is 12.9. The first-order chi connectivity index (χ1) is 26.3. The lowest BCUT2D eigenvalue weighted by Crippen LogP contribution is -2.02. The van der Waals surface area contributed by atoms with E-state index in [4.69, 9.17) is 15.0 Å². The van der Waals surface area contributed by atoms with Gasteiger partial charge in [-0.15, -0.1) is 0 Å². The Morgan fingerprint density at radius 2 is 0.830 bits per heavy atom. The summed E-state index contributed by atoms with van der Waals surface area (Å²) in [4.78, 5) is 15.4. The Hall–Kier alpha value is -7.17. The molecule has 0 amide bonds. The molecule has 10 aromatic rings. The molecule has 248 valence electrons. The van der Waals surface area contributed by atoms with E-state index in [1.807, 2.05) is 36.4 Å². The van der Waals surface area contributed by atoms with Crippen LogP contribution < -0.4 is 0 Å². The minimum absolute atomic E-state index is 0.621. The van der Waals surface area contributed by atoms with Gasteiger partial charge in [0.2, 0.25) is 0 Å². The first kappa shape index (κ1) is 30.6. The summed E-state index contributed by atoms with van der Waals surface area (Å²) in [7, 11) is 0. The van der Waals surface area contributed by atoms with Crippen LogP contribution in [-0.4, -0.2) is 19.5 Å². The minimum atomic E-state index is 0.621. The molecule has 0 saturated heterocycles. The van der Waals surface area contributed by atoms with E-state index in [0.717, 1.165) is 55.7 Å². The number of rotatable bonds is 6. The predicted molar refractivity (Wildman–Crippen MR) is 219 cm³/mol. The molecule has 0 bridgehead atoms. The molecular weight excluding hydrogens is 645 g/mol. The highest BCUT2D eigenvalue weighted by molar-refractivity contribution is 6.13. The Morgan fingerprint density at radius 3 is 1.51 bits per heavy atom.